The van der Waals surface area contributed by atoms with Crippen molar-refractivity contribution in [2.24, 2.45) is 0 Å². The summed E-state index contributed by atoms with van der Waals surface area (Å²) in [6, 6.07) is 1.48. The summed E-state index contributed by atoms with van der Waals surface area (Å²) in [6.45, 7) is 8.80. The number of nitrogens with zero attached hydrogens (tertiary/aromatic N) is 3. The second-order valence-corrected chi connectivity index (χ2v) is 6.14. The third kappa shape index (κ3) is 3.91. The molecule has 1 N–H and O–H groups in total. The summed E-state index contributed by atoms with van der Waals surface area (Å²) in [5.74, 6) is -0.463. The molecule has 0 aliphatic carbocycles. The van der Waals surface area contributed by atoms with Gasteiger partial charge in [0, 0.05) is 32.2 Å². The van der Waals surface area contributed by atoms with Gasteiger partial charge in [-0.2, -0.15) is 5.10 Å². The lowest BCUT2D eigenvalue weighted by molar-refractivity contribution is 0.0368. The van der Waals surface area contributed by atoms with Crippen LogP contribution in [0.25, 0.3) is 11.0 Å². The van der Waals surface area contributed by atoms with Gasteiger partial charge >= 0.3 is 5.97 Å². The van der Waals surface area contributed by atoms with Crippen molar-refractivity contribution in [2.75, 3.05) is 39.5 Å². The Kier molecular flexibility index (Phi) is 5.50. The summed E-state index contributed by atoms with van der Waals surface area (Å²) < 4.78 is 12.2. The van der Waals surface area contributed by atoms with Gasteiger partial charge in [-0.25, -0.2) is 9.48 Å². The summed E-state index contributed by atoms with van der Waals surface area (Å²) in [5, 5.41) is 5.08. The zero-order valence-corrected chi connectivity index (χ0v) is 14.7. The molecule has 0 aromatic carbocycles. The zero-order valence-electron chi connectivity index (χ0n) is 14.7. The average molecular weight is 348 g/mol. The molecular weight excluding hydrogens is 324 g/mol. The Bertz CT molecular complexity index is 805. The van der Waals surface area contributed by atoms with Crippen LogP contribution in [0, 0.1) is 6.92 Å². The number of aryl methyl sites for hydroxylation is 2. The Labute approximate surface area is 145 Å². The largest absolute Gasteiger partial charge is 0.461 e. The lowest BCUT2D eigenvalue weighted by Gasteiger charge is -2.26. The van der Waals surface area contributed by atoms with Crippen LogP contribution < -0.4 is 5.56 Å². The highest BCUT2D eigenvalue weighted by atomic mass is 16.5. The Morgan fingerprint density at radius 1 is 1.36 bits per heavy atom. The highest BCUT2D eigenvalue weighted by molar-refractivity contribution is 6.02. The number of morpholine rings is 1. The van der Waals surface area contributed by atoms with E-state index in [-0.39, 0.29) is 17.9 Å². The first-order valence-electron chi connectivity index (χ1n) is 8.67. The first-order chi connectivity index (χ1) is 12.1. The van der Waals surface area contributed by atoms with E-state index in [9.17, 15) is 9.59 Å². The van der Waals surface area contributed by atoms with E-state index in [2.05, 4.69) is 15.0 Å². The van der Waals surface area contributed by atoms with Crippen molar-refractivity contribution >= 4 is 17.0 Å². The number of aromatic nitrogens is 3. The maximum Gasteiger partial charge on any atom is 0.359 e. The van der Waals surface area contributed by atoms with E-state index in [1.165, 1.54) is 6.07 Å². The zero-order chi connectivity index (χ0) is 17.8. The predicted molar refractivity (Wildman–Crippen MR) is 92.9 cm³/mol. The Morgan fingerprint density at radius 3 is 2.84 bits per heavy atom. The van der Waals surface area contributed by atoms with E-state index >= 15 is 0 Å². The number of aromatic amines is 1. The number of H-pyrrole nitrogens is 1. The van der Waals surface area contributed by atoms with Crippen LogP contribution in [0.5, 0.6) is 0 Å². The van der Waals surface area contributed by atoms with Gasteiger partial charge in [-0.15, -0.1) is 0 Å². The smallest absolute Gasteiger partial charge is 0.359 e. The number of ether oxygens (including phenoxy) is 2. The van der Waals surface area contributed by atoms with Crippen LogP contribution in [0.1, 0.15) is 29.4 Å². The fourth-order valence-corrected chi connectivity index (χ4v) is 3.16. The van der Waals surface area contributed by atoms with Gasteiger partial charge in [-0.1, -0.05) is 0 Å². The molecule has 3 heterocycles. The van der Waals surface area contributed by atoms with E-state index in [0.29, 0.717) is 17.6 Å². The molecular formula is C17H24N4O4. The lowest BCUT2D eigenvalue weighted by Crippen LogP contribution is -2.37. The first kappa shape index (κ1) is 17.6. The van der Waals surface area contributed by atoms with E-state index in [4.69, 9.17) is 9.47 Å². The second kappa shape index (κ2) is 7.79. The van der Waals surface area contributed by atoms with Crippen LogP contribution in [0.3, 0.4) is 0 Å². The van der Waals surface area contributed by atoms with Gasteiger partial charge < -0.3 is 14.5 Å². The Balaban J connectivity index is 1.83. The predicted octanol–water partition coefficient (Wildman–Crippen LogP) is 0.932. The molecule has 1 aliphatic heterocycles. The standard InChI is InChI=1S/C17H24N4O4/c1-3-25-17(23)15-14-12(2)11-13(22)18-16(14)21(19-15)6-4-5-20-7-9-24-10-8-20/h11H,3-10H2,1-2H3,(H,18,22). The van der Waals surface area contributed by atoms with Crippen LogP contribution in [-0.2, 0) is 16.0 Å². The summed E-state index contributed by atoms with van der Waals surface area (Å²) in [4.78, 5) is 29.2. The number of esters is 1. The van der Waals surface area contributed by atoms with Gasteiger partial charge in [0.1, 0.15) is 5.65 Å². The minimum atomic E-state index is -0.463. The Hall–Kier alpha value is -2.19. The van der Waals surface area contributed by atoms with Crippen molar-refractivity contribution in [3.63, 3.8) is 0 Å². The number of hydrogen-bond donors (Lipinski definition) is 1. The van der Waals surface area contributed by atoms with E-state index < -0.39 is 5.97 Å². The average Bonchev–Trinajstić information content (AvgIpc) is 2.95. The van der Waals surface area contributed by atoms with Gasteiger partial charge in [-0.05, 0) is 25.8 Å². The lowest BCUT2D eigenvalue weighted by atomic mass is 10.1. The first-order valence-corrected chi connectivity index (χ1v) is 8.67. The molecule has 2 aromatic heterocycles. The van der Waals surface area contributed by atoms with Crippen molar-refractivity contribution in [1.29, 1.82) is 0 Å². The number of carbonyl (C=O) groups excluding carboxylic acids is 1. The highest BCUT2D eigenvalue weighted by Gasteiger charge is 2.21. The minimum Gasteiger partial charge on any atom is -0.461 e. The van der Waals surface area contributed by atoms with Crippen LogP contribution in [0.15, 0.2) is 10.9 Å². The quantitative estimate of drug-likeness (QED) is 0.781. The molecule has 0 spiro atoms. The monoisotopic (exact) mass is 348 g/mol. The molecule has 8 heteroatoms. The Morgan fingerprint density at radius 2 is 2.12 bits per heavy atom. The molecule has 0 amide bonds. The van der Waals surface area contributed by atoms with Crippen LogP contribution in [-0.4, -0.2) is 65.1 Å². The molecule has 2 aromatic rings. The fraction of sp³-hybridized carbons (Fsp3) is 0.588. The summed E-state index contributed by atoms with van der Waals surface area (Å²) in [5.41, 5.74) is 1.36. The van der Waals surface area contributed by atoms with Crippen molar-refractivity contribution in [3.8, 4) is 0 Å². The summed E-state index contributed by atoms with van der Waals surface area (Å²) >= 11 is 0. The SMILES string of the molecule is CCOC(=O)c1nn(CCCN2CCOCC2)c2[nH]c(=O)cc(C)c12. The van der Waals surface area contributed by atoms with Gasteiger partial charge in [0.25, 0.3) is 0 Å². The van der Waals surface area contributed by atoms with E-state index in [1.807, 2.05) is 0 Å². The number of hydrogen-bond acceptors (Lipinski definition) is 6. The number of nitrogens with one attached hydrogen (secondary N) is 1. The topological polar surface area (TPSA) is 89.4 Å². The second-order valence-electron chi connectivity index (χ2n) is 6.14. The van der Waals surface area contributed by atoms with Crippen LogP contribution in [0.4, 0.5) is 0 Å². The van der Waals surface area contributed by atoms with Gasteiger partial charge in [0.05, 0.1) is 25.2 Å². The van der Waals surface area contributed by atoms with Gasteiger partial charge in [0.15, 0.2) is 5.69 Å². The van der Waals surface area contributed by atoms with Crippen molar-refractivity contribution in [2.45, 2.75) is 26.8 Å². The maximum atomic E-state index is 12.2. The minimum absolute atomic E-state index is 0.199. The van der Waals surface area contributed by atoms with Crippen molar-refractivity contribution < 1.29 is 14.3 Å². The molecule has 1 aliphatic rings. The van der Waals surface area contributed by atoms with Crippen molar-refractivity contribution in [1.82, 2.24) is 19.7 Å². The van der Waals surface area contributed by atoms with Crippen LogP contribution >= 0.6 is 0 Å². The normalized spacial score (nSPS) is 15.6. The molecule has 0 bridgehead atoms. The van der Waals surface area contributed by atoms with E-state index in [1.54, 1.807) is 18.5 Å². The molecule has 0 atom stereocenters. The highest BCUT2D eigenvalue weighted by Crippen LogP contribution is 2.20. The molecule has 0 unspecified atom stereocenters. The molecule has 3 rings (SSSR count). The number of pyridine rings is 1. The molecule has 1 fully saturated rings. The molecule has 136 valence electrons. The van der Waals surface area contributed by atoms with E-state index in [0.717, 1.165) is 44.8 Å². The van der Waals surface area contributed by atoms with Crippen LogP contribution in [0.2, 0.25) is 0 Å². The van der Waals surface area contributed by atoms with Crippen molar-refractivity contribution in [3.05, 3.63) is 27.7 Å². The number of rotatable bonds is 6. The number of carbonyl (C=O) groups is 1. The third-order valence-corrected chi connectivity index (χ3v) is 4.35. The molecule has 25 heavy (non-hydrogen) atoms. The maximum absolute atomic E-state index is 12.2. The number of fused-ring (bicyclic) bond motifs is 1. The molecule has 0 radical (unpaired) electrons. The molecule has 8 nitrogen and oxygen atoms in total. The van der Waals surface area contributed by atoms with Gasteiger partial charge in [0.2, 0.25) is 5.56 Å². The fourth-order valence-electron chi connectivity index (χ4n) is 3.16. The summed E-state index contributed by atoms with van der Waals surface area (Å²) in [7, 11) is 0. The third-order valence-electron chi connectivity index (χ3n) is 4.35. The van der Waals surface area contributed by atoms with Gasteiger partial charge in [-0.3, -0.25) is 9.69 Å². The summed E-state index contributed by atoms with van der Waals surface area (Å²) in [6.07, 6.45) is 0.870. The molecule has 1 saturated heterocycles. The molecule has 0 saturated carbocycles.